The first-order valence-electron chi connectivity index (χ1n) is 12.3. The predicted octanol–water partition coefficient (Wildman–Crippen LogP) is 4.63. The molecule has 0 bridgehead atoms. The molecule has 4 heteroatoms. The third kappa shape index (κ3) is 2.33. The van der Waals surface area contributed by atoms with E-state index < -0.39 is 11.5 Å². The molecule has 3 fully saturated rings. The van der Waals surface area contributed by atoms with Gasteiger partial charge in [0.05, 0.1) is 6.10 Å². The van der Waals surface area contributed by atoms with E-state index in [4.69, 9.17) is 4.74 Å². The molecule has 5 rings (SSSR count). The number of aliphatic hydroxyl groups is 2. The fourth-order valence-corrected chi connectivity index (χ4v) is 9.78. The molecule has 30 heavy (non-hydrogen) atoms. The number of esters is 1. The summed E-state index contributed by atoms with van der Waals surface area (Å²) in [6, 6.07) is 0. The van der Waals surface area contributed by atoms with Crippen molar-refractivity contribution in [1.29, 1.82) is 0 Å². The normalized spacial score (nSPS) is 52.1. The van der Waals surface area contributed by atoms with Crippen molar-refractivity contribution in [2.75, 3.05) is 6.61 Å². The molecule has 1 heterocycles. The van der Waals surface area contributed by atoms with E-state index in [2.05, 4.69) is 27.7 Å². The van der Waals surface area contributed by atoms with Crippen molar-refractivity contribution in [3.8, 4) is 0 Å². The molecule has 1 unspecified atom stereocenters. The first-order chi connectivity index (χ1) is 14.0. The number of cyclic esters (lactones) is 1. The van der Waals surface area contributed by atoms with Gasteiger partial charge in [0.25, 0.3) is 0 Å². The molecule has 1 aliphatic heterocycles. The summed E-state index contributed by atoms with van der Waals surface area (Å²) in [5, 5.41) is 22.5. The number of aliphatic hydroxyl groups excluding tert-OH is 2. The van der Waals surface area contributed by atoms with E-state index in [9.17, 15) is 15.0 Å². The number of carbonyl (C=O) groups is 1. The quantitative estimate of drug-likeness (QED) is 0.612. The second-order valence-electron chi connectivity index (χ2n) is 12.5. The van der Waals surface area contributed by atoms with E-state index >= 15 is 0 Å². The van der Waals surface area contributed by atoms with E-state index in [-0.39, 0.29) is 40.8 Å². The van der Waals surface area contributed by atoms with E-state index in [0.717, 1.165) is 49.7 Å². The molecule has 0 aromatic heterocycles. The standard InChI is InChI=1S/C26H40O4/c1-15-16-7-8-18-24(4)12-9-17-23(2,3)10-6-11-26(17,14-27)19(24)13-20(28)25(18,5)21(16)22(29)30-15/h15,17-20,27-28H,6-14H2,1-5H3/t15?,17-,18-,19-,20+,24-,25+,26+/m0/s1. The summed E-state index contributed by atoms with van der Waals surface area (Å²) in [7, 11) is 0. The van der Waals surface area contributed by atoms with Crippen LogP contribution in [-0.4, -0.2) is 35.0 Å². The van der Waals surface area contributed by atoms with Crippen molar-refractivity contribution in [3.05, 3.63) is 11.1 Å². The van der Waals surface area contributed by atoms with Crippen molar-refractivity contribution in [2.45, 2.75) is 98.2 Å². The van der Waals surface area contributed by atoms with Gasteiger partial charge in [-0.15, -0.1) is 0 Å². The highest BCUT2D eigenvalue weighted by Crippen LogP contribution is 2.73. The lowest BCUT2D eigenvalue weighted by Crippen LogP contribution is -2.66. The zero-order valence-corrected chi connectivity index (χ0v) is 19.5. The maximum Gasteiger partial charge on any atom is 0.335 e. The lowest BCUT2D eigenvalue weighted by Gasteiger charge is -2.70. The van der Waals surface area contributed by atoms with Crippen LogP contribution in [0.3, 0.4) is 0 Å². The number of carbonyl (C=O) groups excluding carboxylic acids is 1. The van der Waals surface area contributed by atoms with Crippen LogP contribution >= 0.6 is 0 Å². The average Bonchev–Trinajstić information content (AvgIpc) is 2.97. The SMILES string of the molecule is CC1OC(=O)C2=C1CC[C@H]1[C@]3(C)CC[C@H]4C(C)(C)CCC[C@]4(CO)[C@H]3C[C@@H](O)[C@]21C. The number of fused-ring (bicyclic) bond motifs is 6. The Labute approximate surface area is 181 Å². The van der Waals surface area contributed by atoms with E-state index in [1.807, 2.05) is 6.92 Å². The van der Waals surface area contributed by atoms with E-state index in [1.54, 1.807) is 0 Å². The summed E-state index contributed by atoms with van der Waals surface area (Å²) in [6.07, 6.45) is 7.63. The first-order valence-corrected chi connectivity index (χ1v) is 12.3. The summed E-state index contributed by atoms with van der Waals surface area (Å²) in [5.74, 6) is 0.867. The molecule has 4 aliphatic carbocycles. The van der Waals surface area contributed by atoms with E-state index in [1.165, 1.54) is 6.42 Å². The summed E-state index contributed by atoms with van der Waals surface area (Å²) in [4.78, 5) is 12.9. The van der Waals surface area contributed by atoms with Crippen molar-refractivity contribution in [3.63, 3.8) is 0 Å². The Morgan fingerprint density at radius 3 is 2.47 bits per heavy atom. The van der Waals surface area contributed by atoms with Crippen LogP contribution in [0.1, 0.15) is 86.0 Å². The van der Waals surface area contributed by atoms with Gasteiger partial charge < -0.3 is 14.9 Å². The Balaban J connectivity index is 1.62. The molecule has 168 valence electrons. The minimum atomic E-state index is -0.559. The fraction of sp³-hybridized carbons (Fsp3) is 0.885. The zero-order valence-electron chi connectivity index (χ0n) is 19.5. The van der Waals surface area contributed by atoms with Crippen molar-refractivity contribution >= 4 is 5.97 Å². The summed E-state index contributed by atoms with van der Waals surface area (Å²) >= 11 is 0. The zero-order chi connectivity index (χ0) is 21.7. The molecule has 0 aromatic carbocycles. The molecule has 8 atom stereocenters. The topological polar surface area (TPSA) is 66.8 Å². The van der Waals surface area contributed by atoms with E-state index in [0.29, 0.717) is 18.3 Å². The van der Waals surface area contributed by atoms with Gasteiger partial charge >= 0.3 is 5.97 Å². The van der Waals surface area contributed by atoms with Gasteiger partial charge in [-0.2, -0.15) is 0 Å². The number of rotatable bonds is 1. The van der Waals surface area contributed by atoms with Crippen LogP contribution in [-0.2, 0) is 9.53 Å². The van der Waals surface area contributed by atoms with Gasteiger partial charge in [-0.05, 0) is 86.0 Å². The summed E-state index contributed by atoms with van der Waals surface area (Å²) in [5.41, 5.74) is 1.56. The lowest BCUT2D eigenvalue weighted by atomic mass is 9.35. The monoisotopic (exact) mass is 416 g/mol. The fourth-order valence-electron chi connectivity index (χ4n) is 9.78. The molecular weight excluding hydrogens is 376 g/mol. The number of hydrogen-bond donors (Lipinski definition) is 2. The largest absolute Gasteiger partial charge is 0.455 e. The van der Waals surface area contributed by atoms with Crippen molar-refractivity contribution < 1.29 is 19.7 Å². The van der Waals surface area contributed by atoms with Crippen LogP contribution in [0.4, 0.5) is 0 Å². The van der Waals surface area contributed by atoms with Gasteiger partial charge in [0.15, 0.2) is 0 Å². The van der Waals surface area contributed by atoms with Gasteiger partial charge in [-0.25, -0.2) is 4.79 Å². The smallest absolute Gasteiger partial charge is 0.335 e. The Bertz CT molecular complexity index is 799. The van der Waals surface area contributed by atoms with Crippen LogP contribution in [0.25, 0.3) is 0 Å². The molecule has 0 saturated heterocycles. The molecule has 0 amide bonds. The predicted molar refractivity (Wildman–Crippen MR) is 116 cm³/mol. The third-order valence-electron chi connectivity index (χ3n) is 11.1. The summed E-state index contributed by atoms with van der Waals surface area (Å²) in [6.45, 7) is 11.5. The van der Waals surface area contributed by atoms with Gasteiger partial charge in [0.1, 0.15) is 6.10 Å². The van der Waals surface area contributed by atoms with Crippen LogP contribution in [0.2, 0.25) is 0 Å². The van der Waals surface area contributed by atoms with Gasteiger partial charge in [0, 0.05) is 23.0 Å². The number of ether oxygens (including phenoxy) is 1. The third-order valence-corrected chi connectivity index (χ3v) is 11.1. The maximum atomic E-state index is 12.9. The minimum Gasteiger partial charge on any atom is -0.455 e. The second-order valence-corrected chi connectivity index (χ2v) is 12.5. The molecule has 4 nitrogen and oxygen atoms in total. The highest BCUT2D eigenvalue weighted by molar-refractivity contribution is 5.94. The maximum absolute atomic E-state index is 12.9. The molecule has 0 aromatic rings. The van der Waals surface area contributed by atoms with Gasteiger partial charge in [-0.3, -0.25) is 0 Å². The highest BCUT2D eigenvalue weighted by atomic mass is 16.5. The van der Waals surface area contributed by atoms with Crippen molar-refractivity contribution in [2.24, 2.45) is 39.4 Å². The Morgan fingerprint density at radius 2 is 1.77 bits per heavy atom. The van der Waals surface area contributed by atoms with Crippen LogP contribution in [0, 0.1) is 39.4 Å². The second kappa shape index (κ2) is 6.34. The Kier molecular flexibility index (Phi) is 4.44. The molecule has 3 saturated carbocycles. The van der Waals surface area contributed by atoms with Gasteiger partial charge in [0.2, 0.25) is 0 Å². The van der Waals surface area contributed by atoms with Crippen LogP contribution in [0.5, 0.6) is 0 Å². The summed E-state index contributed by atoms with van der Waals surface area (Å²) < 4.78 is 5.63. The number of hydrogen-bond acceptors (Lipinski definition) is 4. The average molecular weight is 417 g/mol. The molecule has 0 spiro atoms. The Hall–Kier alpha value is -0.870. The molecule has 0 radical (unpaired) electrons. The van der Waals surface area contributed by atoms with Crippen LogP contribution < -0.4 is 0 Å². The lowest BCUT2D eigenvalue weighted by molar-refractivity contribution is -0.233. The van der Waals surface area contributed by atoms with Crippen molar-refractivity contribution in [1.82, 2.24) is 0 Å². The molecule has 5 aliphatic rings. The van der Waals surface area contributed by atoms with Gasteiger partial charge in [-0.1, -0.05) is 34.1 Å². The molecular formula is C26H40O4. The first kappa shape index (κ1) is 21.0. The highest BCUT2D eigenvalue weighted by Gasteiger charge is 2.69. The Morgan fingerprint density at radius 1 is 1.03 bits per heavy atom. The molecule has 2 N–H and O–H groups in total. The van der Waals surface area contributed by atoms with Crippen LogP contribution in [0.15, 0.2) is 11.1 Å². The minimum absolute atomic E-state index is 0.0330.